The van der Waals surface area contributed by atoms with E-state index in [0.29, 0.717) is 0 Å². The summed E-state index contributed by atoms with van der Waals surface area (Å²) in [6, 6.07) is 0. The van der Waals surface area contributed by atoms with Crippen LogP contribution >= 0.6 is 0 Å². The predicted octanol–water partition coefficient (Wildman–Crippen LogP) is 0.431. The van der Waals surface area contributed by atoms with Crippen molar-refractivity contribution >= 4 is 6.79 Å². The summed E-state index contributed by atoms with van der Waals surface area (Å²) in [7, 11) is 0. The molecule has 1 aliphatic heterocycles. The molecule has 2 heteroatoms. The maximum absolute atomic E-state index is 8.00. The van der Waals surface area contributed by atoms with Crippen molar-refractivity contribution in [3.05, 3.63) is 0 Å². The molecule has 1 N–H and O–H groups in total. The minimum Gasteiger partial charge on any atom is -0.316 e. The van der Waals surface area contributed by atoms with Crippen molar-refractivity contribution in [2.75, 3.05) is 13.1 Å². The molecule has 1 fully saturated rings. The first kappa shape index (κ1) is 7.63. The fourth-order valence-corrected chi connectivity index (χ4v) is 0.799. The summed E-state index contributed by atoms with van der Waals surface area (Å²) in [5.74, 6) is 0.935. The van der Waals surface area contributed by atoms with Gasteiger partial charge in [0.1, 0.15) is 6.79 Å². The van der Waals surface area contributed by atoms with Crippen LogP contribution in [0.15, 0.2) is 0 Å². The lowest BCUT2D eigenvalue weighted by Gasteiger charge is -1.90. The largest absolute Gasteiger partial charge is 0.316 e. The van der Waals surface area contributed by atoms with E-state index in [4.69, 9.17) is 4.79 Å². The molecular formula is C6H13NO. The summed E-state index contributed by atoms with van der Waals surface area (Å²) in [5, 5.41) is 3.27. The van der Waals surface area contributed by atoms with Crippen molar-refractivity contribution in [1.29, 1.82) is 0 Å². The van der Waals surface area contributed by atoms with Crippen LogP contribution in [-0.4, -0.2) is 19.9 Å². The Morgan fingerprint density at radius 3 is 2.38 bits per heavy atom. The third-order valence-corrected chi connectivity index (χ3v) is 1.31. The SMILES string of the molecule is C=O.CC1CCNC1. The minimum atomic E-state index is 0.935. The smallest absolute Gasteiger partial charge is 0.106 e. The van der Waals surface area contributed by atoms with Gasteiger partial charge in [-0.05, 0) is 25.4 Å². The molecule has 0 bridgehead atoms. The lowest BCUT2D eigenvalue weighted by molar-refractivity contribution is -0.0979. The highest BCUT2D eigenvalue weighted by atomic mass is 16.1. The molecule has 48 valence electrons. The Morgan fingerprint density at radius 2 is 2.25 bits per heavy atom. The normalized spacial score (nSPS) is 26.4. The number of carbonyl (C=O) groups is 1. The third kappa shape index (κ3) is 2.75. The van der Waals surface area contributed by atoms with E-state index in [0.717, 1.165) is 5.92 Å². The fraction of sp³-hybridized carbons (Fsp3) is 0.833. The predicted molar refractivity (Wildman–Crippen MR) is 33.8 cm³/mol. The Kier molecular flexibility index (Phi) is 4.56. The second-order valence-electron chi connectivity index (χ2n) is 2.10. The van der Waals surface area contributed by atoms with Gasteiger partial charge in [0.05, 0.1) is 0 Å². The van der Waals surface area contributed by atoms with Gasteiger partial charge in [0, 0.05) is 0 Å². The maximum Gasteiger partial charge on any atom is 0.106 e. The zero-order chi connectivity index (χ0) is 6.41. The summed E-state index contributed by atoms with van der Waals surface area (Å²) in [6.07, 6.45) is 1.38. The van der Waals surface area contributed by atoms with Crippen LogP contribution in [0.3, 0.4) is 0 Å². The molecule has 0 aliphatic carbocycles. The lowest BCUT2D eigenvalue weighted by atomic mass is 10.2. The molecule has 8 heavy (non-hydrogen) atoms. The highest BCUT2D eigenvalue weighted by Crippen LogP contribution is 2.03. The van der Waals surface area contributed by atoms with Gasteiger partial charge in [-0.25, -0.2) is 0 Å². The molecule has 0 aromatic carbocycles. The van der Waals surface area contributed by atoms with Crippen LogP contribution in [0.2, 0.25) is 0 Å². The average molecular weight is 115 g/mol. The van der Waals surface area contributed by atoms with Gasteiger partial charge >= 0.3 is 0 Å². The summed E-state index contributed by atoms with van der Waals surface area (Å²) >= 11 is 0. The molecule has 1 heterocycles. The molecule has 0 amide bonds. The summed E-state index contributed by atoms with van der Waals surface area (Å²) in [5.41, 5.74) is 0. The van der Waals surface area contributed by atoms with Gasteiger partial charge < -0.3 is 10.1 Å². The van der Waals surface area contributed by atoms with Crippen molar-refractivity contribution in [1.82, 2.24) is 5.32 Å². The highest BCUT2D eigenvalue weighted by Gasteiger charge is 2.06. The molecular weight excluding hydrogens is 102 g/mol. The Morgan fingerprint density at radius 1 is 1.62 bits per heavy atom. The van der Waals surface area contributed by atoms with Crippen molar-refractivity contribution in [2.24, 2.45) is 5.92 Å². The van der Waals surface area contributed by atoms with Crippen molar-refractivity contribution < 1.29 is 4.79 Å². The van der Waals surface area contributed by atoms with Crippen LogP contribution in [0.25, 0.3) is 0 Å². The van der Waals surface area contributed by atoms with Gasteiger partial charge in [-0.3, -0.25) is 0 Å². The van der Waals surface area contributed by atoms with E-state index >= 15 is 0 Å². The Balaban J connectivity index is 0.000000222. The number of carbonyl (C=O) groups excluding carboxylic acids is 1. The molecule has 1 unspecified atom stereocenters. The molecule has 2 nitrogen and oxygen atoms in total. The van der Waals surface area contributed by atoms with E-state index in [1.54, 1.807) is 0 Å². The quantitative estimate of drug-likeness (QED) is 0.496. The molecule has 0 spiro atoms. The number of nitrogens with one attached hydrogen (secondary N) is 1. The lowest BCUT2D eigenvalue weighted by Crippen LogP contribution is -2.06. The molecule has 0 aromatic heterocycles. The van der Waals surface area contributed by atoms with Gasteiger partial charge in [-0.15, -0.1) is 0 Å². The standard InChI is InChI=1S/C5H11N.CH2O/c1-5-2-3-6-4-5;1-2/h5-6H,2-4H2,1H3;1H2. The summed E-state index contributed by atoms with van der Waals surface area (Å²) in [4.78, 5) is 8.00. The molecule has 1 aliphatic rings. The van der Waals surface area contributed by atoms with Crippen molar-refractivity contribution in [3.8, 4) is 0 Å². The second-order valence-corrected chi connectivity index (χ2v) is 2.10. The molecule has 1 atom stereocenters. The van der Waals surface area contributed by atoms with Crippen LogP contribution < -0.4 is 5.32 Å². The first-order chi connectivity index (χ1) is 3.89. The van der Waals surface area contributed by atoms with Gasteiger partial charge in [-0.1, -0.05) is 6.92 Å². The van der Waals surface area contributed by atoms with Gasteiger partial charge in [-0.2, -0.15) is 0 Å². The van der Waals surface area contributed by atoms with E-state index < -0.39 is 0 Å². The molecule has 1 saturated heterocycles. The van der Waals surface area contributed by atoms with Crippen LogP contribution in [0, 0.1) is 5.92 Å². The monoisotopic (exact) mass is 115 g/mol. The van der Waals surface area contributed by atoms with Crippen LogP contribution in [-0.2, 0) is 4.79 Å². The Labute approximate surface area is 50.3 Å². The molecule has 0 saturated carbocycles. The zero-order valence-electron chi connectivity index (χ0n) is 5.31. The summed E-state index contributed by atoms with van der Waals surface area (Å²) < 4.78 is 0. The average Bonchev–Trinajstić information content (AvgIpc) is 2.24. The number of hydrogen-bond donors (Lipinski definition) is 1. The zero-order valence-corrected chi connectivity index (χ0v) is 5.31. The van der Waals surface area contributed by atoms with Crippen LogP contribution in [0.1, 0.15) is 13.3 Å². The first-order valence-corrected chi connectivity index (χ1v) is 2.89. The van der Waals surface area contributed by atoms with Gasteiger partial charge in [0.25, 0.3) is 0 Å². The molecule has 1 rings (SSSR count). The van der Waals surface area contributed by atoms with E-state index in [2.05, 4.69) is 12.2 Å². The van der Waals surface area contributed by atoms with E-state index in [1.807, 2.05) is 6.79 Å². The van der Waals surface area contributed by atoms with Crippen molar-refractivity contribution in [3.63, 3.8) is 0 Å². The van der Waals surface area contributed by atoms with Gasteiger partial charge in [0.15, 0.2) is 0 Å². The van der Waals surface area contributed by atoms with Gasteiger partial charge in [0.2, 0.25) is 0 Å². The topological polar surface area (TPSA) is 29.1 Å². The number of hydrogen-bond acceptors (Lipinski definition) is 2. The van der Waals surface area contributed by atoms with Crippen molar-refractivity contribution in [2.45, 2.75) is 13.3 Å². The van der Waals surface area contributed by atoms with E-state index in [9.17, 15) is 0 Å². The van der Waals surface area contributed by atoms with Crippen LogP contribution in [0.5, 0.6) is 0 Å². The first-order valence-electron chi connectivity index (χ1n) is 2.89. The fourth-order valence-electron chi connectivity index (χ4n) is 0.799. The maximum atomic E-state index is 8.00. The van der Waals surface area contributed by atoms with Crippen LogP contribution in [0.4, 0.5) is 0 Å². The summed E-state index contributed by atoms with van der Waals surface area (Å²) in [6.45, 7) is 6.75. The number of rotatable bonds is 0. The third-order valence-electron chi connectivity index (χ3n) is 1.31. The van der Waals surface area contributed by atoms with E-state index in [-0.39, 0.29) is 0 Å². The highest BCUT2D eigenvalue weighted by molar-refractivity contribution is 5.10. The molecule has 0 radical (unpaired) electrons. The Hall–Kier alpha value is -0.370. The minimum absolute atomic E-state index is 0.935. The molecule has 0 aromatic rings. The second kappa shape index (κ2) is 4.78. The van der Waals surface area contributed by atoms with E-state index in [1.165, 1.54) is 19.5 Å². The Bertz CT molecular complexity index is 50.5.